The summed E-state index contributed by atoms with van der Waals surface area (Å²) in [4.78, 5) is 8.96. The largest absolute Gasteiger partial charge is 0.278 e. The third-order valence-corrected chi connectivity index (χ3v) is 3.17. The average Bonchev–Trinajstić information content (AvgIpc) is 2.76. The van der Waals surface area contributed by atoms with Crippen LogP contribution in [-0.4, -0.2) is 14.5 Å². The molecular formula is C16H16FN3. The number of benzene rings is 1. The fourth-order valence-electron chi connectivity index (χ4n) is 2.35. The zero-order chi connectivity index (χ0) is 14.1. The number of nitrogens with zero attached hydrogens (tertiary/aromatic N) is 3. The van der Waals surface area contributed by atoms with Crippen molar-refractivity contribution < 1.29 is 4.39 Å². The Bertz CT molecular complexity index is 746. The van der Waals surface area contributed by atoms with E-state index in [1.54, 1.807) is 18.3 Å². The number of rotatable bonds is 3. The molecule has 0 atom stereocenters. The molecule has 0 amide bonds. The first-order chi connectivity index (χ1) is 9.66. The van der Waals surface area contributed by atoms with Crippen molar-refractivity contribution in [1.82, 2.24) is 14.5 Å². The number of halogens is 1. The van der Waals surface area contributed by atoms with Gasteiger partial charge >= 0.3 is 0 Å². The first-order valence-corrected chi connectivity index (χ1v) is 6.74. The molecule has 0 aliphatic rings. The van der Waals surface area contributed by atoms with Crippen LogP contribution >= 0.6 is 0 Å². The van der Waals surface area contributed by atoms with Gasteiger partial charge in [0.25, 0.3) is 0 Å². The molecule has 3 aromatic rings. The van der Waals surface area contributed by atoms with Crippen LogP contribution in [0.3, 0.4) is 0 Å². The summed E-state index contributed by atoms with van der Waals surface area (Å²) in [5, 5.41) is 0. The molecule has 0 radical (unpaired) electrons. The van der Waals surface area contributed by atoms with Crippen LogP contribution in [0.2, 0.25) is 0 Å². The van der Waals surface area contributed by atoms with Crippen molar-refractivity contribution in [2.24, 2.45) is 5.92 Å². The van der Waals surface area contributed by atoms with Crippen LogP contribution in [0, 0.1) is 11.7 Å². The summed E-state index contributed by atoms with van der Waals surface area (Å²) < 4.78 is 15.9. The highest BCUT2D eigenvalue weighted by molar-refractivity contribution is 5.73. The van der Waals surface area contributed by atoms with Crippen LogP contribution in [0.5, 0.6) is 0 Å². The molecule has 2 heterocycles. The predicted molar refractivity (Wildman–Crippen MR) is 77.4 cm³/mol. The van der Waals surface area contributed by atoms with Crippen molar-refractivity contribution in [3.8, 4) is 5.69 Å². The summed E-state index contributed by atoms with van der Waals surface area (Å²) in [5.41, 5.74) is 2.00. The SMILES string of the molecule is CC(C)Cc1nc2cccnc2n1-c1ccccc1F. The molecule has 4 heteroatoms. The summed E-state index contributed by atoms with van der Waals surface area (Å²) in [6, 6.07) is 10.5. The fraction of sp³-hybridized carbons (Fsp3) is 0.250. The Hall–Kier alpha value is -2.23. The van der Waals surface area contributed by atoms with E-state index < -0.39 is 0 Å². The van der Waals surface area contributed by atoms with Crippen molar-refractivity contribution in [2.45, 2.75) is 20.3 Å². The highest BCUT2D eigenvalue weighted by Gasteiger charge is 2.16. The summed E-state index contributed by atoms with van der Waals surface area (Å²) in [7, 11) is 0. The zero-order valence-corrected chi connectivity index (χ0v) is 11.5. The van der Waals surface area contributed by atoms with E-state index in [4.69, 9.17) is 0 Å². The molecule has 3 rings (SSSR count). The quantitative estimate of drug-likeness (QED) is 0.725. The van der Waals surface area contributed by atoms with Crippen LogP contribution in [0.4, 0.5) is 4.39 Å². The van der Waals surface area contributed by atoms with Crippen LogP contribution in [0.1, 0.15) is 19.7 Å². The number of pyridine rings is 1. The predicted octanol–water partition coefficient (Wildman–Crippen LogP) is 3.76. The number of imidazole rings is 1. The van der Waals surface area contributed by atoms with Gasteiger partial charge in [0.2, 0.25) is 0 Å². The molecule has 0 unspecified atom stereocenters. The summed E-state index contributed by atoms with van der Waals surface area (Å²) in [5.74, 6) is 1.03. The minimum absolute atomic E-state index is 0.262. The normalized spacial score (nSPS) is 11.4. The molecule has 20 heavy (non-hydrogen) atoms. The maximum Gasteiger partial charge on any atom is 0.164 e. The van der Waals surface area contributed by atoms with Gasteiger partial charge < -0.3 is 0 Å². The third kappa shape index (κ3) is 2.18. The lowest BCUT2D eigenvalue weighted by Gasteiger charge is -2.10. The van der Waals surface area contributed by atoms with Gasteiger partial charge in [0, 0.05) is 12.6 Å². The minimum atomic E-state index is -0.262. The molecule has 2 aromatic heterocycles. The van der Waals surface area contributed by atoms with E-state index in [1.165, 1.54) is 6.07 Å². The maximum atomic E-state index is 14.1. The number of hydrogen-bond donors (Lipinski definition) is 0. The highest BCUT2D eigenvalue weighted by Crippen LogP contribution is 2.23. The van der Waals surface area contributed by atoms with E-state index in [-0.39, 0.29) is 5.82 Å². The van der Waals surface area contributed by atoms with Crippen LogP contribution in [0.15, 0.2) is 42.6 Å². The van der Waals surface area contributed by atoms with Gasteiger partial charge in [0.1, 0.15) is 17.2 Å². The Morgan fingerprint density at radius 2 is 1.95 bits per heavy atom. The van der Waals surface area contributed by atoms with E-state index >= 15 is 0 Å². The molecule has 0 aliphatic carbocycles. The van der Waals surface area contributed by atoms with E-state index in [9.17, 15) is 4.39 Å². The maximum absolute atomic E-state index is 14.1. The molecule has 102 valence electrons. The van der Waals surface area contributed by atoms with Crippen molar-refractivity contribution in [2.75, 3.05) is 0 Å². The Morgan fingerprint density at radius 3 is 2.70 bits per heavy atom. The van der Waals surface area contributed by atoms with Crippen LogP contribution in [-0.2, 0) is 6.42 Å². The van der Waals surface area contributed by atoms with Gasteiger partial charge in [0.15, 0.2) is 5.65 Å². The van der Waals surface area contributed by atoms with E-state index in [0.29, 0.717) is 17.3 Å². The molecule has 0 N–H and O–H groups in total. The van der Waals surface area contributed by atoms with Gasteiger partial charge in [-0.1, -0.05) is 26.0 Å². The van der Waals surface area contributed by atoms with Gasteiger partial charge in [-0.2, -0.15) is 0 Å². The fourth-order valence-corrected chi connectivity index (χ4v) is 2.35. The lowest BCUT2D eigenvalue weighted by atomic mass is 10.1. The van der Waals surface area contributed by atoms with Gasteiger partial charge in [-0.05, 0) is 30.2 Å². The molecule has 0 bridgehead atoms. The molecule has 0 aliphatic heterocycles. The lowest BCUT2D eigenvalue weighted by Crippen LogP contribution is -2.07. The standard InChI is InChI=1S/C16H16FN3/c1-11(2)10-15-19-13-7-5-9-18-16(13)20(15)14-8-4-3-6-12(14)17/h3-9,11H,10H2,1-2H3. The summed E-state index contributed by atoms with van der Waals surface area (Å²) in [6.45, 7) is 4.25. The van der Waals surface area contributed by atoms with E-state index in [1.807, 2.05) is 22.8 Å². The zero-order valence-electron chi connectivity index (χ0n) is 11.5. The first-order valence-electron chi connectivity index (χ1n) is 6.74. The summed E-state index contributed by atoms with van der Waals surface area (Å²) >= 11 is 0. The Morgan fingerprint density at radius 1 is 1.15 bits per heavy atom. The second-order valence-electron chi connectivity index (χ2n) is 5.26. The van der Waals surface area contributed by atoms with Gasteiger partial charge in [-0.3, -0.25) is 4.57 Å². The Balaban J connectivity index is 2.29. The Labute approximate surface area is 117 Å². The van der Waals surface area contributed by atoms with Crippen molar-refractivity contribution in [3.63, 3.8) is 0 Å². The molecule has 1 aromatic carbocycles. The van der Waals surface area contributed by atoms with Gasteiger partial charge in [-0.15, -0.1) is 0 Å². The molecule has 3 nitrogen and oxygen atoms in total. The topological polar surface area (TPSA) is 30.7 Å². The third-order valence-electron chi connectivity index (χ3n) is 3.17. The highest BCUT2D eigenvalue weighted by atomic mass is 19.1. The smallest absolute Gasteiger partial charge is 0.164 e. The molecule has 0 spiro atoms. The number of aromatic nitrogens is 3. The van der Waals surface area contributed by atoms with Gasteiger partial charge in [0.05, 0.1) is 5.69 Å². The second kappa shape index (κ2) is 5.04. The minimum Gasteiger partial charge on any atom is -0.278 e. The van der Waals surface area contributed by atoms with Crippen molar-refractivity contribution in [3.05, 3.63) is 54.2 Å². The molecule has 0 saturated heterocycles. The van der Waals surface area contributed by atoms with E-state index in [0.717, 1.165) is 17.8 Å². The monoisotopic (exact) mass is 269 g/mol. The molecule has 0 fully saturated rings. The van der Waals surface area contributed by atoms with Crippen LogP contribution < -0.4 is 0 Å². The molecule has 0 saturated carbocycles. The van der Waals surface area contributed by atoms with E-state index in [2.05, 4.69) is 23.8 Å². The second-order valence-corrected chi connectivity index (χ2v) is 5.26. The average molecular weight is 269 g/mol. The molecular weight excluding hydrogens is 253 g/mol. The number of para-hydroxylation sites is 1. The Kier molecular flexibility index (Phi) is 3.22. The van der Waals surface area contributed by atoms with Crippen molar-refractivity contribution in [1.29, 1.82) is 0 Å². The first kappa shape index (κ1) is 12.8. The van der Waals surface area contributed by atoms with Crippen molar-refractivity contribution >= 4 is 11.2 Å². The number of hydrogen-bond acceptors (Lipinski definition) is 2. The van der Waals surface area contributed by atoms with Crippen LogP contribution in [0.25, 0.3) is 16.9 Å². The number of fused-ring (bicyclic) bond motifs is 1. The summed E-state index contributed by atoms with van der Waals surface area (Å²) in [6.07, 6.45) is 2.49. The van der Waals surface area contributed by atoms with Gasteiger partial charge in [-0.25, -0.2) is 14.4 Å². The lowest BCUT2D eigenvalue weighted by molar-refractivity contribution is 0.595.